The Hall–Kier alpha value is -3.50. The molecule has 6 rings (SSSR count). The van der Waals surface area contributed by atoms with Crippen molar-refractivity contribution in [2.24, 2.45) is 10.9 Å². The maximum Gasteiger partial charge on any atom is 0.234 e. The summed E-state index contributed by atoms with van der Waals surface area (Å²) in [6.07, 6.45) is 6.23. The van der Waals surface area contributed by atoms with Gasteiger partial charge < -0.3 is 19.5 Å². The van der Waals surface area contributed by atoms with Crippen LogP contribution in [0.2, 0.25) is 0 Å². The summed E-state index contributed by atoms with van der Waals surface area (Å²) in [5.74, 6) is 3.27. The molecule has 0 amide bonds. The van der Waals surface area contributed by atoms with Crippen molar-refractivity contribution in [3.63, 3.8) is 0 Å². The number of amidine groups is 1. The second kappa shape index (κ2) is 10.5. The topological polar surface area (TPSA) is 99.7 Å². The van der Waals surface area contributed by atoms with Crippen molar-refractivity contribution in [3.05, 3.63) is 60.1 Å². The molecule has 1 saturated heterocycles. The molecule has 0 bridgehead atoms. The first-order valence-corrected chi connectivity index (χ1v) is 13.5. The number of nitrogens with one attached hydrogen (secondary N) is 1. The van der Waals surface area contributed by atoms with E-state index in [1.54, 1.807) is 6.26 Å². The number of nitrogens with zero attached hydrogens (tertiary/aromatic N) is 6. The van der Waals surface area contributed by atoms with Gasteiger partial charge in [0.05, 0.1) is 12.8 Å². The average Bonchev–Trinajstić information content (AvgIpc) is 3.41. The summed E-state index contributed by atoms with van der Waals surface area (Å²) < 4.78 is 5.51. The zero-order valence-electron chi connectivity index (χ0n) is 20.8. The molecule has 2 fully saturated rings. The molecule has 4 heterocycles. The fourth-order valence-corrected chi connectivity index (χ4v) is 5.10. The molecule has 3 aliphatic rings. The van der Waals surface area contributed by atoms with Gasteiger partial charge in [0, 0.05) is 49.0 Å². The predicted molar refractivity (Wildman–Crippen MR) is 144 cm³/mol. The Bertz CT molecular complexity index is 1330. The molecule has 0 spiro atoms. The Morgan fingerprint density at radius 2 is 1.89 bits per heavy atom. The Balaban J connectivity index is 1.21. The number of hydrogen-bond donors (Lipinski definition) is 1. The van der Waals surface area contributed by atoms with Crippen LogP contribution in [0.25, 0.3) is 5.57 Å². The van der Waals surface area contributed by atoms with E-state index >= 15 is 0 Å². The minimum atomic E-state index is 0.285. The van der Waals surface area contributed by atoms with Gasteiger partial charge in [-0.15, -0.1) is 0 Å². The fourth-order valence-electron chi connectivity index (χ4n) is 4.35. The first-order chi connectivity index (χ1) is 18.1. The van der Waals surface area contributed by atoms with Crippen LogP contribution in [0, 0.1) is 5.92 Å². The number of carbonyl (C=O) groups is 1. The monoisotopic (exact) mass is 515 g/mol. The van der Waals surface area contributed by atoms with E-state index in [1.807, 2.05) is 42.5 Å². The maximum absolute atomic E-state index is 12.2. The molecule has 10 heteroatoms. The van der Waals surface area contributed by atoms with E-state index in [2.05, 4.69) is 27.2 Å². The highest BCUT2D eigenvalue weighted by Crippen LogP contribution is 2.32. The molecule has 3 aromatic rings. The van der Waals surface area contributed by atoms with Gasteiger partial charge in [0.2, 0.25) is 11.9 Å². The minimum Gasteiger partial charge on any atom is -0.465 e. The van der Waals surface area contributed by atoms with Gasteiger partial charge in [-0.05, 0) is 67.6 Å². The van der Waals surface area contributed by atoms with Crippen LogP contribution in [0.15, 0.2) is 68.2 Å². The molecule has 1 aliphatic carbocycles. The van der Waals surface area contributed by atoms with Gasteiger partial charge in [0.15, 0.2) is 5.16 Å². The number of aromatic nitrogens is 3. The first kappa shape index (κ1) is 23.9. The molecule has 0 unspecified atom stereocenters. The van der Waals surface area contributed by atoms with Gasteiger partial charge in [0.25, 0.3) is 0 Å². The van der Waals surface area contributed by atoms with Crippen molar-refractivity contribution in [2.75, 3.05) is 50.0 Å². The number of hydrogen-bond acceptors (Lipinski definition) is 10. The summed E-state index contributed by atoms with van der Waals surface area (Å²) in [5.41, 5.74) is 2.06. The highest BCUT2D eigenvalue weighted by molar-refractivity contribution is 7.99. The van der Waals surface area contributed by atoms with Crippen LogP contribution in [0.1, 0.15) is 24.2 Å². The van der Waals surface area contributed by atoms with E-state index in [9.17, 15) is 4.79 Å². The van der Waals surface area contributed by atoms with Gasteiger partial charge in [-0.3, -0.25) is 9.79 Å². The lowest BCUT2D eigenvalue weighted by Crippen LogP contribution is -2.45. The molecule has 1 saturated carbocycles. The fraction of sp³-hybridized carbons (Fsp3) is 0.370. The maximum atomic E-state index is 12.2. The highest BCUT2D eigenvalue weighted by atomic mass is 32.2. The van der Waals surface area contributed by atoms with Crippen molar-refractivity contribution in [3.8, 4) is 0 Å². The Morgan fingerprint density at radius 1 is 1.08 bits per heavy atom. The summed E-state index contributed by atoms with van der Waals surface area (Å²) in [5, 5.41) is 3.89. The molecule has 37 heavy (non-hydrogen) atoms. The van der Waals surface area contributed by atoms with E-state index in [1.165, 1.54) is 11.8 Å². The number of Topliss-reactive ketones (excluding diaryl/α,β-unsaturated/α-hetero) is 1. The number of benzene rings is 1. The third-order valence-electron chi connectivity index (χ3n) is 6.74. The number of carbonyl (C=O) groups excluding carboxylic acids is 1. The molecule has 2 aliphatic heterocycles. The molecule has 190 valence electrons. The summed E-state index contributed by atoms with van der Waals surface area (Å²) >= 11 is 1.49. The molecule has 1 aromatic carbocycles. The SMILES string of the molecule is CN1CCN(c2nc(NC3=NCC(c4ccco4)=C3)nc(Sc3ccc(CC(=O)C4CC4)cc3)n2)CC1. The lowest BCUT2D eigenvalue weighted by molar-refractivity contribution is -0.119. The smallest absolute Gasteiger partial charge is 0.234 e. The van der Waals surface area contributed by atoms with Gasteiger partial charge in [0.1, 0.15) is 17.4 Å². The standard InChI is InChI=1S/C27H29N7O2S/c1-33-10-12-34(13-11-33)26-30-25(29-24-16-20(17-28-24)23-3-2-14-36-23)31-27(32-26)37-21-8-4-18(5-9-21)15-22(35)19-6-7-19/h2-5,8-9,14,16,19H,6-7,10-13,15,17H2,1H3,(H,28,29,30,31,32). The molecular weight excluding hydrogens is 486 g/mol. The van der Waals surface area contributed by atoms with E-state index in [4.69, 9.17) is 19.4 Å². The third kappa shape index (κ3) is 5.91. The second-order valence-electron chi connectivity index (χ2n) is 9.67. The van der Waals surface area contributed by atoms with Crippen LogP contribution in [0.5, 0.6) is 0 Å². The van der Waals surface area contributed by atoms with E-state index in [-0.39, 0.29) is 5.92 Å². The molecule has 9 nitrogen and oxygen atoms in total. The number of anilines is 2. The van der Waals surface area contributed by atoms with Crippen molar-refractivity contribution < 1.29 is 9.21 Å². The zero-order chi connectivity index (χ0) is 25.2. The Labute approximate surface area is 220 Å². The lowest BCUT2D eigenvalue weighted by Gasteiger charge is -2.32. The molecule has 2 aromatic heterocycles. The van der Waals surface area contributed by atoms with Crippen molar-refractivity contribution in [2.45, 2.75) is 29.3 Å². The minimum absolute atomic E-state index is 0.285. The third-order valence-corrected chi connectivity index (χ3v) is 7.61. The quantitative estimate of drug-likeness (QED) is 0.480. The number of likely N-dealkylation sites (N-methyl/N-ethyl adjacent to an activating group) is 1. The normalized spacial score (nSPS) is 18.0. The second-order valence-corrected chi connectivity index (χ2v) is 10.7. The number of furan rings is 1. The molecular formula is C27H29N7O2S. The van der Waals surface area contributed by atoms with Crippen LogP contribution < -0.4 is 10.2 Å². The summed E-state index contributed by atoms with van der Waals surface area (Å²) in [6, 6.07) is 11.9. The number of aliphatic imine (C=N–C) groups is 1. The number of rotatable bonds is 8. The van der Waals surface area contributed by atoms with Crippen molar-refractivity contribution in [1.29, 1.82) is 0 Å². The summed E-state index contributed by atoms with van der Waals surface area (Å²) in [6.45, 7) is 4.18. The summed E-state index contributed by atoms with van der Waals surface area (Å²) in [4.78, 5) is 36.5. The van der Waals surface area contributed by atoms with Crippen LogP contribution in [-0.2, 0) is 11.2 Å². The average molecular weight is 516 g/mol. The predicted octanol–water partition coefficient (Wildman–Crippen LogP) is 3.80. The molecule has 1 N–H and O–H groups in total. The van der Waals surface area contributed by atoms with Crippen molar-refractivity contribution in [1.82, 2.24) is 19.9 Å². The number of piperazine rings is 1. The van der Waals surface area contributed by atoms with Crippen LogP contribution in [0.4, 0.5) is 11.9 Å². The zero-order valence-corrected chi connectivity index (χ0v) is 21.6. The van der Waals surface area contributed by atoms with Crippen LogP contribution in [-0.4, -0.2) is 71.2 Å². The van der Waals surface area contributed by atoms with Crippen LogP contribution in [0.3, 0.4) is 0 Å². The number of ketones is 1. The molecule has 0 radical (unpaired) electrons. The first-order valence-electron chi connectivity index (χ1n) is 12.6. The van der Waals surface area contributed by atoms with Gasteiger partial charge in [-0.1, -0.05) is 12.1 Å². The summed E-state index contributed by atoms with van der Waals surface area (Å²) in [7, 11) is 2.13. The Morgan fingerprint density at radius 3 is 2.62 bits per heavy atom. The van der Waals surface area contributed by atoms with E-state index in [0.29, 0.717) is 41.6 Å². The van der Waals surface area contributed by atoms with Gasteiger partial charge >= 0.3 is 0 Å². The highest BCUT2D eigenvalue weighted by Gasteiger charge is 2.29. The van der Waals surface area contributed by atoms with Gasteiger partial charge in [-0.25, -0.2) is 0 Å². The molecule has 0 atom stereocenters. The van der Waals surface area contributed by atoms with E-state index in [0.717, 1.165) is 60.8 Å². The van der Waals surface area contributed by atoms with E-state index < -0.39 is 0 Å². The Kier molecular flexibility index (Phi) is 6.75. The van der Waals surface area contributed by atoms with Crippen LogP contribution >= 0.6 is 11.8 Å². The van der Waals surface area contributed by atoms with Gasteiger partial charge in [-0.2, -0.15) is 15.0 Å². The largest absolute Gasteiger partial charge is 0.465 e. The lowest BCUT2D eigenvalue weighted by atomic mass is 10.1. The van der Waals surface area contributed by atoms with Crippen molar-refractivity contribution >= 4 is 40.9 Å².